The topological polar surface area (TPSA) is 167 Å². The van der Waals surface area contributed by atoms with Gasteiger partial charge < -0.3 is 20.1 Å². The normalized spacial score (nSPS) is 34.9. The molecule has 0 radical (unpaired) electrons. The van der Waals surface area contributed by atoms with Crippen molar-refractivity contribution in [3.63, 3.8) is 0 Å². The molecule has 88 valence electrons. The van der Waals surface area contributed by atoms with Gasteiger partial charge in [-0.1, -0.05) is 10.2 Å². The number of rotatable bonds is 4. The Balaban J connectivity index is 2.79. The first-order chi connectivity index (χ1) is 7.61. The first-order valence-electron chi connectivity index (χ1n) is 4.36. The van der Waals surface area contributed by atoms with Crippen LogP contribution < -0.4 is 0 Å². The molecule has 0 bridgehead atoms. The van der Waals surface area contributed by atoms with E-state index in [1.165, 1.54) is 0 Å². The van der Waals surface area contributed by atoms with Crippen LogP contribution >= 0.6 is 0 Å². The van der Waals surface area contributed by atoms with Crippen LogP contribution in [-0.2, 0) is 4.74 Å². The monoisotopic (exact) mass is 230 g/mol. The number of aliphatic hydroxyl groups excluding tert-OH is 3. The molecule has 0 aromatic heterocycles. The molecular weight excluding hydrogens is 220 g/mol. The summed E-state index contributed by atoms with van der Waals surface area (Å²) in [7, 11) is 0. The lowest BCUT2D eigenvalue weighted by Gasteiger charge is -2.19. The highest BCUT2D eigenvalue weighted by atomic mass is 16.6. The number of hydrogen-bond acceptors (Lipinski definition) is 6. The Hall–Kier alpha value is -1.54. The van der Waals surface area contributed by atoms with Gasteiger partial charge in [-0.15, -0.1) is 0 Å². The highest BCUT2D eigenvalue weighted by Crippen LogP contribution is 2.24. The van der Waals surface area contributed by atoms with Crippen LogP contribution in [0.4, 0.5) is 0 Å². The van der Waals surface area contributed by atoms with Crippen LogP contribution in [-0.4, -0.2) is 52.5 Å². The Kier molecular flexibility index (Phi) is 4.32. The van der Waals surface area contributed by atoms with Crippen LogP contribution in [0.15, 0.2) is 10.2 Å². The van der Waals surface area contributed by atoms with Crippen molar-refractivity contribution >= 4 is 0 Å². The number of nitrogens with zero attached hydrogens (tertiary/aromatic N) is 6. The summed E-state index contributed by atoms with van der Waals surface area (Å²) in [6.45, 7) is -0.234. The van der Waals surface area contributed by atoms with Crippen LogP contribution in [0.5, 0.6) is 0 Å². The van der Waals surface area contributed by atoms with Crippen molar-refractivity contribution in [3.8, 4) is 0 Å². The standard InChI is InChI=1S/C6H10N6O4/c7-11-9-1-2(10-12-8)5-3(13)4(14)6(15)16-5/h2-6,13-15H,1H2/t2?,3?,4?,5-,6-/m1/s1. The summed E-state index contributed by atoms with van der Waals surface area (Å²) in [4.78, 5) is 4.98. The molecule has 0 saturated carbocycles. The molecular formula is C6H10N6O4. The zero-order chi connectivity index (χ0) is 12.1. The van der Waals surface area contributed by atoms with Crippen LogP contribution in [0.25, 0.3) is 20.9 Å². The van der Waals surface area contributed by atoms with E-state index in [-0.39, 0.29) is 6.54 Å². The highest BCUT2D eigenvalue weighted by Gasteiger charge is 2.45. The molecule has 1 heterocycles. The molecule has 3 unspecified atom stereocenters. The lowest BCUT2D eigenvalue weighted by Crippen LogP contribution is -2.39. The molecule has 10 nitrogen and oxygen atoms in total. The van der Waals surface area contributed by atoms with Crippen molar-refractivity contribution in [1.29, 1.82) is 0 Å². The average Bonchev–Trinajstić information content (AvgIpc) is 2.52. The van der Waals surface area contributed by atoms with Gasteiger partial charge in [0, 0.05) is 16.4 Å². The molecule has 5 atom stereocenters. The predicted molar refractivity (Wildman–Crippen MR) is 49.8 cm³/mol. The Morgan fingerprint density at radius 2 is 1.88 bits per heavy atom. The lowest BCUT2D eigenvalue weighted by molar-refractivity contribution is -0.129. The van der Waals surface area contributed by atoms with Gasteiger partial charge in [0.2, 0.25) is 0 Å². The molecule has 0 aromatic carbocycles. The van der Waals surface area contributed by atoms with Crippen molar-refractivity contribution in [1.82, 2.24) is 0 Å². The molecule has 1 rings (SSSR count). The maximum absolute atomic E-state index is 9.47. The summed E-state index contributed by atoms with van der Waals surface area (Å²) in [5.74, 6) is 0. The van der Waals surface area contributed by atoms with Gasteiger partial charge >= 0.3 is 0 Å². The molecule has 0 spiro atoms. The zero-order valence-corrected chi connectivity index (χ0v) is 8.03. The number of aliphatic hydroxyl groups is 3. The van der Waals surface area contributed by atoms with E-state index in [0.29, 0.717) is 0 Å². The third-order valence-electron chi connectivity index (χ3n) is 2.19. The van der Waals surface area contributed by atoms with E-state index in [9.17, 15) is 10.2 Å². The summed E-state index contributed by atoms with van der Waals surface area (Å²) in [6, 6.07) is -0.984. The van der Waals surface area contributed by atoms with Crippen molar-refractivity contribution in [3.05, 3.63) is 20.9 Å². The van der Waals surface area contributed by atoms with Crippen LogP contribution in [0.3, 0.4) is 0 Å². The van der Waals surface area contributed by atoms with E-state index in [1.807, 2.05) is 0 Å². The number of hydrogen-bond donors (Lipinski definition) is 3. The lowest BCUT2D eigenvalue weighted by atomic mass is 10.0. The summed E-state index contributed by atoms with van der Waals surface area (Å²) in [5, 5.41) is 34.3. The van der Waals surface area contributed by atoms with Crippen molar-refractivity contribution in [2.75, 3.05) is 6.54 Å². The van der Waals surface area contributed by atoms with Gasteiger partial charge in [0.1, 0.15) is 12.2 Å². The maximum Gasteiger partial charge on any atom is 0.183 e. The SMILES string of the molecule is [N-]=[N+]=NCC(N=[N+]=[N-])[C@H]1O[C@@H](O)C(O)C1O. The molecule has 1 fully saturated rings. The summed E-state index contributed by atoms with van der Waals surface area (Å²) in [6.07, 6.45) is -5.54. The molecule has 3 N–H and O–H groups in total. The van der Waals surface area contributed by atoms with Crippen LogP contribution in [0.1, 0.15) is 0 Å². The summed E-state index contributed by atoms with van der Waals surface area (Å²) in [5.41, 5.74) is 16.4. The number of azide groups is 2. The minimum absolute atomic E-state index is 0.234. The molecule has 10 heteroatoms. The van der Waals surface area contributed by atoms with Crippen LogP contribution in [0.2, 0.25) is 0 Å². The fraction of sp³-hybridized carbons (Fsp3) is 1.00. The predicted octanol–water partition coefficient (Wildman–Crippen LogP) is -0.585. The van der Waals surface area contributed by atoms with E-state index in [0.717, 1.165) is 0 Å². The third kappa shape index (κ3) is 2.52. The minimum Gasteiger partial charge on any atom is -0.387 e. The Morgan fingerprint density at radius 3 is 2.31 bits per heavy atom. The fourth-order valence-corrected chi connectivity index (χ4v) is 1.40. The fourth-order valence-electron chi connectivity index (χ4n) is 1.40. The maximum atomic E-state index is 9.47. The van der Waals surface area contributed by atoms with E-state index in [2.05, 4.69) is 20.1 Å². The minimum atomic E-state index is -1.55. The quantitative estimate of drug-likeness (QED) is 0.333. The molecule has 0 aliphatic carbocycles. The van der Waals surface area contributed by atoms with Crippen molar-refractivity contribution < 1.29 is 20.1 Å². The van der Waals surface area contributed by atoms with E-state index < -0.39 is 30.6 Å². The molecule has 0 amide bonds. The zero-order valence-electron chi connectivity index (χ0n) is 8.03. The van der Waals surface area contributed by atoms with Gasteiger partial charge in [0.15, 0.2) is 6.29 Å². The number of ether oxygens (including phenoxy) is 1. The first-order valence-corrected chi connectivity index (χ1v) is 4.36. The second kappa shape index (κ2) is 5.52. The average molecular weight is 230 g/mol. The smallest absolute Gasteiger partial charge is 0.183 e. The van der Waals surface area contributed by atoms with Gasteiger partial charge in [0.25, 0.3) is 0 Å². The van der Waals surface area contributed by atoms with Gasteiger partial charge in [-0.2, -0.15) is 0 Å². The van der Waals surface area contributed by atoms with E-state index >= 15 is 0 Å². The van der Waals surface area contributed by atoms with E-state index in [4.69, 9.17) is 20.9 Å². The summed E-state index contributed by atoms with van der Waals surface area (Å²) < 4.78 is 4.80. The molecule has 1 aliphatic heterocycles. The highest BCUT2D eigenvalue weighted by molar-refractivity contribution is 4.94. The molecule has 1 saturated heterocycles. The largest absolute Gasteiger partial charge is 0.387 e. The molecule has 1 aliphatic rings. The Morgan fingerprint density at radius 1 is 1.19 bits per heavy atom. The second-order valence-electron chi connectivity index (χ2n) is 3.16. The van der Waals surface area contributed by atoms with E-state index in [1.54, 1.807) is 0 Å². The van der Waals surface area contributed by atoms with Crippen LogP contribution in [0, 0.1) is 0 Å². The Labute approximate surface area is 89.3 Å². The molecule has 0 aromatic rings. The van der Waals surface area contributed by atoms with Gasteiger partial charge in [-0.05, 0) is 11.1 Å². The van der Waals surface area contributed by atoms with Gasteiger partial charge in [-0.25, -0.2) is 0 Å². The van der Waals surface area contributed by atoms with Gasteiger partial charge in [-0.3, -0.25) is 0 Å². The van der Waals surface area contributed by atoms with Crippen molar-refractivity contribution in [2.45, 2.75) is 30.6 Å². The van der Waals surface area contributed by atoms with Gasteiger partial charge in [0.05, 0.1) is 12.1 Å². The summed E-state index contributed by atoms with van der Waals surface area (Å²) >= 11 is 0. The first kappa shape index (κ1) is 12.5. The Bertz CT molecular complexity index is 338. The van der Waals surface area contributed by atoms with Crippen molar-refractivity contribution in [2.24, 2.45) is 10.2 Å². The molecule has 16 heavy (non-hydrogen) atoms. The third-order valence-corrected chi connectivity index (χ3v) is 2.19. The second-order valence-corrected chi connectivity index (χ2v) is 3.16.